The Kier molecular flexibility index (Phi) is 6.78. The molecule has 1 fully saturated rings. The lowest BCUT2D eigenvalue weighted by atomic mass is 10.1. The zero-order valence-corrected chi connectivity index (χ0v) is 15.7. The van der Waals surface area contributed by atoms with E-state index in [1.54, 1.807) is 6.20 Å². The number of carbonyl (C=O) groups excluding carboxylic acids is 1. The molecule has 1 aromatic heterocycles. The van der Waals surface area contributed by atoms with Gasteiger partial charge in [0.25, 0.3) is 5.91 Å². The van der Waals surface area contributed by atoms with Crippen LogP contribution >= 0.6 is 0 Å². The zero-order chi connectivity index (χ0) is 18.2. The number of pyridine rings is 1. The fraction of sp³-hybridized carbons (Fsp3) is 0.455. The van der Waals surface area contributed by atoms with Crippen molar-refractivity contribution in [3.63, 3.8) is 0 Å². The van der Waals surface area contributed by atoms with Gasteiger partial charge in [0, 0.05) is 37.1 Å². The molecule has 0 atom stereocenters. The van der Waals surface area contributed by atoms with Gasteiger partial charge < -0.3 is 9.80 Å². The number of aromatic nitrogens is 1. The molecule has 0 bridgehead atoms. The average molecular weight is 351 g/mol. The minimum atomic E-state index is 0.147. The second-order valence-electron chi connectivity index (χ2n) is 6.97. The molecule has 1 amide bonds. The van der Waals surface area contributed by atoms with Crippen molar-refractivity contribution < 1.29 is 4.79 Å². The highest BCUT2D eigenvalue weighted by Gasteiger charge is 2.20. The van der Waals surface area contributed by atoms with E-state index in [1.807, 2.05) is 17.0 Å². The Balaban J connectivity index is 1.49. The van der Waals surface area contributed by atoms with Crippen LogP contribution in [0.3, 0.4) is 0 Å². The summed E-state index contributed by atoms with van der Waals surface area (Å²) >= 11 is 0. The largest absolute Gasteiger partial charge is 0.337 e. The fourth-order valence-electron chi connectivity index (χ4n) is 3.54. The molecule has 2 heterocycles. The van der Waals surface area contributed by atoms with Crippen LogP contribution in [0.5, 0.6) is 0 Å². The number of hydrogen-bond donors (Lipinski definition) is 0. The molecule has 0 radical (unpaired) electrons. The molecule has 138 valence electrons. The third-order valence-electron chi connectivity index (χ3n) is 5.08. The summed E-state index contributed by atoms with van der Waals surface area (Å²) in [7, 11) is 0. The van der Waals surface area contributed by atoms with Crippen molar-refractivity contribution in [2.24, 2.45) is 0 Å². The summed E-state index contributed by atoms with van der Waals surface area (Å²) in [6.07, 6.45) is 5.94. The topological polar surface area (TPSA) is 36.4 Å². The molecule has 0 unspecified atom stereocenters. The summed E-state index contributed by atoms with van der Waals surface area (Å²) < 4.78 is 0. The maximum atomic E-state index is 12.8. The highest BCUT2D eigenvalue weighted by Crippen LogP contribution is 2.11. The predicted octanol–water partition coefficient (Wildman–Crippen LogP) is 3.42. The molecule has 0 aliphatic carbocycles. The van der Waals surface area contributed by atoms with Crippen LogP contribution in [0, 0.1) is 0 Å². The second-order valence-corrected chi connectivity index (χ2v) is 6.97. The molecule has 0 spiro atoms. The maximum Gasteiger partial charge on any atom is 0.254 e. The minimum Gasteiger partial charge on any atom is -0.337 e. The van der Waals surface area contributed by atoms with Gasteiger partial charge in [0.1, 0.15) is 0 Å². The Bertz CT molecular complexity index is 702. The standard InChI is InChI=1S/C22H29N3O/c1-2-21-18-20(11-12-23-21)22(26)25-15-7-14-24(16-17-25)13-6-10-19-8-4-3-5-9-19/h3-5,8-9,11-12,18H,2,6-7,10,13-17H2,1H3. The SMILES string of the molecule is CCc1cc(C(=O)N2CCCN(CCCc3ccccc3)CC2)ccn1. The number of hydrogen-bond acceptors (Lipinski definition) is 3. The van der Waals surface area contributed by atoms with E-state index in [4.69, 9.17) is 0 Å². The van der Waals surface area contributed by atoms with Gasteiger partial charge in [-0.1, -0.05) is 37.3 Å². The van der Waals surface area contributed by atoms with Crippen molar-refractivity contribution in [3.8, 4) is 0 Å². The van der Waals surface area contributed by atoms with Crippen molar-refractivity contribution in [3.05, 3.63) is 65.5 Å². The summed E-state index contributed by atoms with van der Waals surface area (Å²) in [5.74, 6) is 0.147. The highest BCUT2D eigenvalue weighted by molar-refractivity contribution is 5.94. The van der Waals surface area contributed by atoms with E-state index in [9.17, 15) is 4.79 Å². The van der Waals surface area contributed by atoms with E-state index in [1.165, 1.54) is 12.0 Å². The number of aryl methyl sites for hydroxylation is 2. The number of nitrogens with zero attached hydrogens (tertiary/aromatic N) is 3. The van der Waals surface area contributed by atoms with Gasteiger partial charge >= 0.3 is 0 Å². The lowest BCUT2D eigenvalue weighted by molar-refractivity contribution is 0.0761. The molecule has 3 rings (SSSR count). The van der Waals surface area contributed by atoms with Gasteiger partial charge in [0.05, 0.1) is 0 Å². The lowest BCUT2D eigenvalue weighted by Gasteiger charge is -2.22. The van der Waals surface area contributed by atoms with E-state index in [-0.39, 0.29) is 5.91 Å². The Labute approximate surface area is 156 Å². The van der Waals surface area contributed by atoms with Crippen molar-refractivity contribution in [1.82, 2.24) is 14.8 Å². The third kappa shape index (κ3) is 5.15. The normalized spacial score (nSPS) is 15.7. The molecule has 0 saturated carbocycles. The summed E-state index contributed by atoms with van der Waals surface area (Å²) in [6, 6.07) is 14.4. The quantitative estimate of drug-likeness (QED) is 0.800. The molecular weight excluding hydrogens is 322 g/mol. The van der Waals surface area contributed by atoms with Crippen LogP contribution in [0.1, 0.15) is 41.4 Å². The Morgan fingerprint density at radius 1 is 1.08 bits per heavy atom. The van der Waals surface area contributed by atoms with E-state index in [0.717, 1.165) is 63.2 Å². The van der Waals surface area contributed by atoms with E-state index in [2.05, 4.69) is 47.1 Å². The van der Waals surface area contributed by atoms with E-state index < -0.39 is 0 Å². The smallest absolute Gasteiger partial charge is 0.254 e. The molecular formula is C22H29N3O. The van der Waals surface area contributed by atoms with Gasteiger partial charge in [-0.3, -0.25) is 9.78 Å². The average Bonchev–Trinajstić information content (AvgIpc) is 2.94. The Morgan fingerprint density at radius 2 is 1.92 bits per heavy atom. The van der Waals surface area contributed by atoms with E-state index in [0.29, 0.717) is 0 Å². The minimum absolute atomic E-state index is 0.147. The van der Waals surface area contributed by atoms with Crippen LogP contribution in [0.15, 0.2) is 48.7 Å². The number of carbonyl (C=O) groups is 1. The Hall–Kier alpha value is -2.20. The Morgan fingerprint density at radius 3 is 2.73 bits per heavy atom. The molecule has 1 aromatic carbocycles. The summed E-state index contributed by atoms with van der Waals surface area (Å²) in [4.78, 5) is 21.6. The van der Waals surface area contributed by atoms with Gasteiger partial charge in [-0.2, -0.15) is 0 Å². The predicted molar refractivity (Wildman–Crippen MR) is 105 cm³/mol. The monoisotopic (exact) mass is 351 g/mol. The van der Waals surface area contributed by atoms with Crippen LogP contribution in [-0.2, 0) is 12.8 Å². The first kappa shape index (κ1) is 18.6. The number of amides is 1. The number of rotatable bonds is 6. The fourth-order valence-corrected chi connectivity index (χ4v) is 3.54. The van der Waals surface area contributed by atoms with Crippen LogP contribution in [0.25, 0.3) is 0 Å². The van der Waals surface area contributed by atoms with Gasteiger partial charge in [-0.25, -0.2) is 0 Å². The van der Waals surface area contributed by atoms with E-state index >= 15 is 0 Å². The molecule has 4 heteroatoms. The van der Waals surface area contributed by atoms with Gasteiger partial charge in [-0.15, -0.1) is 0 Å². The van der Waals surface area contributed by atoms with Gasteiger partial charge in [-0.05, 0) is 56.5 Å². The first-order valence-corrected chi connectivity index (χ1v) is 9.76. The van der Waals surface area contributed by atoms with Crippen molar-refractivity contribution in [1.29, 1.82) is 0 Å². The maximum absolute atomic E-state index is 12.8. The van der Waals surface area contributed by atoms with Crippen LogP contribution in [0.4, 0.5) is 0 Å². The van der Waals surface area contributed by atoms with Crippen molar-refractivity contribution in [2.45, 2.75) is 32.6 Å². The zero-order valence-electron chi connectivity index (χ0n) is 15.7. The third-order valence-corrected chi connectivity index (χ3v) is 5.08. The van der Waals surface area contributed by atoms with Gasteiger partial charge in [0.15, 0.2) is 0 Å². The highest BCUT2D eigenvalue weighted by atomic mass is 16.2. The molecule has 1 saturated heterocycles. The molecule has 26 heavy (non-hydrogen) atoms. The molecule has 1 aliphatic rings. The van der Waals surface area contributed by atoms with Gasteiger partial charge in [0.2, 0.25) is 0 Å². The second kappa shape index (κ2) is 9.48. The van der Waals surface area contributed by atoms with Crippen LogP contribution in [-0.4, -0.2) is 53.4 Å². The first-order valence-electron chi connectivity index (χ1n) is 9.76. The molecule has 4 nitrogen and oxygen atoms in total. The summed E-state index contributed by atoms with van der Waals surface area (Å²) in [6.45, 7) is 6.87. The van der Waals surface area contributed by atoms with Crippen LogP contribution < -0.4 is 0 Å². The molecule has 0 N–H and O–H groups in total. The van der Waals surface area contributed by atoms with Crippen LogP contribution in [0.2, 0.25) is 0 Å². The molecule has 2 aromatic rings. The molecule has 1 aliphatic heterocycles. The van der Waals surface area contributed by atoms with Crippen molar-refractivity contribution in [2.75, 3.05) is 32.7 Å². The summed E-state index contributed by atoms with van der Waals surface area (Å²) in [5, 5.41) is 0. The number of benzene rings is 1. The summed E-state index contributed by atoms with van der Waals surface area (Å²) in [5.41, 5.74) is 3.16. The van der Waals surface area contributed by atoms with Crippen molar-refractivity contribution >= 4 is 5.91 Å². The first-order chi connectivity index (χ1) is 12.8. The lowest BCUT2D eigenvalue weighted by Crippen LogP contribution is -2.35.